The van der Waals surface area contributed by atoms with E-state index in [4.69, 9.17) is 9.63 Å². The van der Waals surface area contributed by atoms with E-state index in [-0.39, 0.29) is 5.41 Å². The molecule has 0 saturated heterocycles. The fraction of sp³-hybridized carbons (Fsp3) is 0.409. The Morgan fingerprint density at radius 1 is 1.38 bits per heavy atom. The number of aromatic nitrogens is 6. The minimum atomic E-state index is -1.04. The highest BCUT2D eigenvalue weighted by Gasteiger charge is 2.32. The number of hydrogen-bond acceptors (Lipinski definition) is 6. The van der Waals surface area contributed by atoms with E-state index in [0.29, 0.717) is 24.8 Å². The van der Waals surface area contributed by atoms with E-state index in [1.807, 2.05) is 34.6 Å². The lowest BCUT2D eigenvalue weighted by Gasteiger charge is -2.29. The summed E-state index contributed by atoms with van der Waals surface area (Å²) in [5, 5.41) is 20.9. The van der Waals surface area contributed by atoms with Gasteiger partial charge in [-0.3, -0.25) is 4.68 Å². The molecule has 1 aliphatic carbocycles. The van der Waals surface area contributed by atoms with Crippen LogP contribution < -0.4 is 5.32 Å². The summed E-state index contributed by atoms with van der Waals surface area (Å²) in [5.74, 6) is 0.888. The van der Waals surface area contributed by atoms with E-state index in [1.54, 1.807) is 6.20 Å². The number of carbonyl (C=O) groups is 1. The summed E-state index contributed by atoms with van der Waals surface area (Å²) in [7, 11) is 1.97. The van der Waals surface area contributed by atoms with Gasteiger partial charge in [0, 0.05) is 54.7 Å². The number of nitrogens with zero attached hydrogens (tertiary/aromatic N) is 6. The number of aryl methyl sites for hydroxylation is 1. The summed E-state index contributed by atoms with van der Waals surface area (Å²) in [5.41, 5.74) is 4.98. The number of rotatable bonds is 5. The van der Waals surface area contributed by atoms with Crippen molar-refractivity contribution in [3.63, 3.8) is 0 Å². The summed E-state index contributed by atoms with van der Waals surface area (Å²) in [6.07, 6.45) is 5.57. The van der Waals surface area contributed by atoms with E-state index in [2.05, 4.69) is 39.4 Å². The van der Waals surface area contributed by atoms with Gasteiger partial charge < -0.3 is 19.5 Å². The summed E-state index contributed by atoms with van der Waals surface area (Å²) >= 11 is 0. The number of fused-ring (bicyclic) bond motifs is 2. The molecule has 10 heteroatoms. The molecule has 166 valence electrons. The van der Waals surface area contributed by atoms with Gasteiger partial charge in [-0.15, -0.1) is 0 Å². The topological polar surface area (TPSA) is 124 Å². The maximum atomic E-state index is 10.6. The highest BCUT2D eigenvalue weighted by atomic mass is 16.5. The van der Waals surface area contributed by atoms with Crippen molar-refractivity contribution in [3.8, 4) is 23.0 Å². The second kappa shape index (κ2) is 7.47. The van der Waals surface area contributed by atoms with Gasteiger partial charge >= 0.3 is 6.09 Å². The summed E-state index contributed by atoms with van der Waals surface area (Å²) in [6, 6.07) is 3.89. The third-order valence-corrected chi connectivity index (χ3v) is 6.09. The highest BCUT2D eigenvalue weighted by molar-refractivity contribution is 5.80. The summed E-state index contributed by atoms with van der Waals surface area (Å²) in [6.45, 7) is 5.37. The van der Waals surface area contributed by atoms with Crippen molar-refractivity contribution >= 4 is 17.1 Å². The third-order valence-electron chi connectivity index (χ3n) is 6.09. The van der Waals surface area contributed by atoms with Crippen LogP contribution in [0.5, 0.6) is 0 Å². The maximum Gasteiger partial charge on any atom is 0.404 e. The average Bonchev–Trinajstić information content (AvgIpc) is 3.45. The van der Waals surface area contributed by atoms with E-state index in [0.717, 1.165) is 41.6 Å². The lowest BCUT2D eigenvalue weighted by atomic mass is 9.76. The molecule has 0 aliphatic heterocycles. The number of hydrogen-bond donors (Lipinski definition) is 2. The second-order valence-electron chi connectivity index (χ2n) is 9.04. The summed E-state index contributed by atoms with van der Waals surface area (Å²) < 4.78 is 9.43. The second-order valence-corrected chi connectivity index (χ2v) is 9.04. The van der Waals surface area contributed by atoms with Crippen molar-refractivity contribution in [1.82, 2.24) is 34.8 Å². The monoisotopic (exact) mass is 435 g/mol. The van der Waals surface area contributed by atoms with Crippen LogP contribution in [-0.4, -0.2) is 47.2 Å². The van der Waals surface area contributed by atoms with Crippen LogP contribution in [-0.2, 0) is 26.4 Å². The van der Waals surface area contributed by atoms with Crippen molar-refractivity contribution in [2.45, 2.75) is 39.7 Å². The van der Waals surface area contributed by atoms with Gasteiger partial charge in [0.15, 0.2) is 5.69 Å². The van der Waals surface area contributed by atoms with Gasteiger partial charge in [-0.05, 0) is 36.8 Å². The van der Waals surface area contributed by atoms with Gasteiger partial charge in [-0.25, -0.2) is 9.78 Å². The van der Waals surface area contributed by atoms with Gasteiger partial charge in [0.25, 0.3) is 5.89 Å². The molecule has 2 N–H and O–H groups in total. The fourth-order valence-electron chi connectivity index (χ4n) is 4.36. The largest absolute Gasteiger partial charge is 0.465 e. The average molecular weight is 435 g/mol. The first kappa shape index (κ1) is 20.2. The van der Waals surface area contributed by atoms with Crippen LogP contribution in [0.2, 0.25) is 0 Å². The molecule has 0 bridgehead atoms. The van der Waals surface area contributed by atoms with Crippen molar-refractivity contribution in [2.75, 3.05) is 6.54 Å². The lowest BCUT2D eigenvalue weighted by Crippen LogP contribution is -2.25. The van der Waals surface area contributed by atoms with E-state index >= 15 is 0 Å². The van der Waals surface area contributed by atoms with Gasteiger partial charge in [0.05, 0.1) is 0 Å². The van der Waals surface area contributed by atoms with Crippen LogP contribution in [0.15, 0.2) is 29.0 Å². The molecule has 0 saturated carbocycles. The molecule has 0 fully saturated rings. The zero-order chi connectivity index (χ0) is 22.5. The van der Waals surface area contributed by atoms with Crippen molar-refractivity contribution in [1.29, 1.82) is 0 Å². The Labute approximate surface area is 184 Å². The summed E-state index contributed by atoms with van der Waals surface area (Å²) in [4.78, 5) is 19.8. The molecule has 32 heavy (non-hydrogen) atoms. The van der Waals surface area contributed by atoms with Crippen molar-refractivity contribution in [2.24, 2.45) is 12.5 Å². The zero-order valence-electron chi connectivity index (χ0n) is 18.3. The van der Waals surface area contributed by atoms with Gasteiger partial charge in [-0.1, -0.05) is 19.0 Å². The molecule has 4 aromatic rings. The number of nitrogens with one attached hydrogen (secondary N) is 1. The molecule has 0 spiro atoms. The fourth-order valence-corrected chi connectivity index (χ4v) is 4.36. The van der Waals surface area contributed by atoms with Crippen LogP contribution in [0.4, 0.5) is 4.79 Å². The van der Waals surface area contributed by atoms with Crippen LogP contribution in [0.1, 0.15) is 31.5 Å². The molecule has 1 amide bonds. The molecule has 4 heterocycles. The highest BCUT2D eigenvalue weighted by Crippen LogP contribution is 2.38. The van der Waals surface area contributed by atoms with Crippen LogP contribution >= 0.6 is 0 Å². The van der Waals surface area contributed by atoms with E-state index in [9.17, 15) is 4.79 Å². The normalized spacial score (nSPS) is 15.1. The Morgan fingerprint density at radius 3 is 3.03 bits per heavy atom. The van der Waals surface area contributed by atoms with Crippen LogP contribution in [0, 0.1) is 5.41 Å². The number of pyridine rings is 1. The molecular formula is C22H25N7O3. The Hall–Kier alpha value is -3.69. The Balaban J connectivity index is 1.41. The number of amides is 1. The van der Waals surface area contributed by atoms with Crippen molar-refractivity contribution < 1.29 is 14.4 Å². The molecule has 5 rings (SSSR count). The Kier molecular flexibility index (Phi) is 4.72. The van der Waals surface area contributed by atoms with Crippen LogP contribution in [0.3, 0.4) is 0 Å². The smallest absolute Gasteiger partial charge is 0.404 e. The van der Waals surface area contributed by atoms with Gasteiger partial charge in [0.2, 0.25) is 5.82 Å². The van der Waals surface area contributed by atoms with Crippen molar-refractivity contribution in [3.05, 3.63) is 35.8 Å². The molecule has 0 aromatic carbocycles. The molecular weight excluding hydrogens is 410 g/mol. The minimum absolute atomic E-state index is 0.263. The third kappa shape index (κ3) is 3.61. The molecule has 4 aromatic heterocycles. The first-order valence-electron chi connectivity index (χ1n) is 10.6. The molecule has 0 radical (unpaired) electrons. The number of carboxylic acid groups (broad SMARTS) is 1. The van der Waals surface area contributed by atoms with Crippen LogP contribution in [0.25, 0.3) is 34.0 Å². The molecule has 1 aliphatic rings. The quantitative estimate of drug-likeness (QED) is 0.493. The predicted octanol–water partition coefficient (Wildman–Crippen LogP) is 3.27. The maximum absolute atomic E-state index is 10.6. The zero-order valence-corrected chi connectivity index (χ0v) is 18.3. The van der Waals surface area contributed by atoms with E-state index in [1.165, 1.54) is 11.3 Å². The standard InChI is InChI=1S/C22H25N7O3/c1-22(2)6-4-15-16(11-22)28(3)26-17(15)20-25-18(27-32-20)14-10-13-5-8-29(19(13)24-12-14)9-7-23-21(30)31/h5,8,10,12,23H,4,6-7,9,11H2,1-3H3,(H,30,31). The SMILES string of the molecule is Cn1nc(-c2nc(-c3cnc4c(ccn4CCNC(=O)O)c3)no2)c2c1CC(C)(C)CC2. The molecule has 10 nitrogen and oxygen atoms in total. The van der Waals surface area contributed by atoms with E-state index < -0.39 is 6.09 Å². The first-order chi connectivity index (χ1) is 15.3. The lowest BCUT2D eigenvalue weighted by molar-refractivity contribution is 0.194. The molecule has 0 atom stereocenters. The Morgan fingerprint density at radius 2 is 2.22 bits per heavy atom. The van der Waals surface area contributed by atoms with Gasteiger partial charge in [0.1, 0.15) is 5.65 Å². The predicted molar refractivity (Wildman–Crippen MR) is 117 cm³/mol. The Bertz CT molecular complexity index is 1310. The van der Waals surface area contributed by atoms with Gasteiger partial charge in [-0.2, -0.15) is 10.1 Å². The minimum Gasteiger partial charge on any atom is -0.465 e. The first-order valence-corrected chi connectivity index (χ1v) is 10.6. The molecule has 0 unspecified atom stereocenters.